The quantitative estimate of drug-likeness (QED) is 0.765. The van der Waals surface area contributed by atoms with Gasteiger partial charge in [0.2, 0.25) is 0 Å². The van der Waals surface area contributed by atoms with Crippen molar-refractivity contribution in [2.24, 2.45) is 0 Å². The monoisotopic (exact) mass is 311 g/mol. The summed E-state index contributed by atoms with van der Waals surface area (Å²) in [7, 11) is 3.08. The highest BCUT2D eigenvalue weighted by Crippen LogP contribution is 2.30. The molecular weight excluding hydrogens is 297 g/mol. The number of hydrogen-bond donors (Lipinski definition) is 0. The van der Waals surface area contributed by atoms with E-state index < -0.39 is 0 Å². The standard InChI is InChI=1S/C15H15ClFNO3/c1-19-14-5-6-18-12(15(14)20-2)9-21-13-4-3-11(17)7-10(13)8-16/h3-7H,8-9H2,1-2H3. The molecule has 6 heteroatoms. The van der Waals surface area contributed by atoms with Gasteiger partial charge in [-0.2, -0.15) is 0 Å². The number of alkyl halides is 1. The van der Waals surface area contributed by atoms with Crippen LogP contribution in [-0.2, 0) is 12.5 Å². The van der Waals surface area contributed by atoms with E-state index in [4.69, 9.17) is 25.8 Å². The fourth-order valence-electron chi connectivity index (χ4n) is 1.89. The number of halogens is 2. The Balaban J connectivity index is 2.20. The normalized spacial score (nSPS) is 10.3. The number of methoxy groups -OCH3 is 2. The molecule has 1 aromatic heterocycles. The fourth-order valence-corrected chi connectivity index (χ4v) is 2.10. The molecule has 21 heavy (non-hydrogen) atoms. The molecule has 0 atom stereocenters. The van der Waals surface area contributed by atoms with E-state index in [-0.39, 0.29) is 18.3 Å². The van der Waals surface area contributed by atoms with E-state index in [0.29, 0.717) is 28.5 Å². The largest absolute Gasteiger partial charge is 0.493 e. The molecule has 1 heterocycles. The van der Waals surface area contributed by atoms with Gasteiger partial charge in [0.1, 0.15) is 23.9 Å². The Morgan fingerprint density at radius 1 is 1.14 bits per heavy atom. The van der Waals surface area contributed by atoms with E-state index >= 15 is 0 Å². The number of rotatable bonds is 6. The second kappa shape index (κ2) is 7.13. The Morgan fingerprint density at radius 2 is 1.95 bits per heavy atom. The first-order valence-electron chi connectivity index (χ1n) is 6.22. The zero-order valence-electron chi connectivity index (χ0n) is 11.7. The van der Waals surface area contributed by atoms with Gasteiger partial charge in [0.05, 0.1) is 20.1 Å². The van der Waals surface area contributed by atoms with Crippen LogP contribution in [0.4, 0.5) is 4.39 Å². The number of benzene rings is 1. The molecule has 0 bridgehead atoms. The van der Waals surface area contributed by atoms with Crippen LogP contribution in [0.1, 0.15) is 11.3 Å². The zero-order valence-corrected chi connectivity index (χ0v) is 12.5. The Labute approximate surface area is 127 Å². The lowest BCUT2D eigenvalue weighted by molar-refractivity contribution is 0.282. The predicted octanol–water partition coefficient (Wildman–Crippen LogP) is 3.56. The highest BCUT2D eigenvalue weighted by molar-refractivity contribution is 6.17. The Morgan fingerprint density at radius 3 is 2.62 bits per heavy atom. The van der Waals surface area contributed by atoms with Gasteiger partial charge in [0.25, 0.3) is 0 Å². The highest BCUT2D eigenvalue weighted by Gasteiger charge is 2.12. The van der Waals surface area contributed by atoms with Crippen molar-refractivity contribution in [3.8, 4) is 17.2 Å². The molecule has 0 N–H and O–H groups in total. The van der Waals surface area contributed by atoms with Crippen molar-refractivity contribution >= 4 is 11.6 Å². The van der Waals surface area contributed by atoms with Crippen LogP contribution in [0.3, 0.4) is 0 Å². The number of hydrogen-bond acceptors (Lipinski definition) is 4. The average molecular weight is 312 g/mol. The first kappa shape index (κ1) is 15.4. The summed E-state index contributed by atoms with van der Waals surface area (Å²) in [6.07, 6.45) is 1.60. The maximum Gasteiger partial charge on any atom is 0.185 e. The molecule has 1 aromatic carbocycles. The summed E-state index contributed by atoms with van der Waals surface area (Å²) < 4.78 is 29.3. The van der Waals surface area contributed by atoms with E-state index in [1.54, 1.807) is 25.4 Å². The van der Waals surface area contributed by atoms with Gasteiger partial charge in [-0.15, -0.1) is 11.6 Å². The van der Waals surface area contributed by atoms with E-state index in [2.05, 4.69) is 4.98 Å². The van der Waals surface area contributed by atoms with E-state index in [1.165, 1.54) is 19.2 Å². The second-order valence-electron chi connectivity index (χ2n) is 4.17. The van der Waals surface area contributed by atoms with Crippen LogP contribution in [0.2, 0.25) is 0 Å². The number of nitrogens with zero attached hydrogens (tertiary/aromatic N) is 1. The van der Waals surface area contributed by atoms with Crippen LogP contribution in [0, 0.1) is 5.82 Å². The Hall–Kier alpha value is -2.01. The maximum absolute atomic E-state index is 13.2. The minimum absolute atomic E-state index is 0.162. The number of ether oxygens (including phenoxy) is 3. The summed E-state index contributed by atoms with van der Waals surface area (Å²) in [5, 5.41) is 0. The molecule has 2 aromatic rings. The van der Waals surface area contributed by atoms with Gasteiger partial charge in [-0.25, -0.2) is 4.39 Å². The zero-order chi connectivity index (χ0) is 15.2. The first-order valence-corrected chi connectivity index (χ1v) is 6.76. The molecule has 0 saturated carbocycles. The predicted molar refractivity (Wildman–Crippen MR) is 77.6 cm³/mol. The minimum atomic E-state index is -0.352. The topological polar surface area (TPSA) is 40.6 Å². The Kier molecular flexibility index (Phi) is 5.22. The van der Waals surface area contributed by atoms with Gasteiger partial charge >= 0.3 is 0 Å². The number of aromatic nitrogens is 1. The van der Waals surface area contributed by atoms with Crippen molar-refractivity contribution in [1.29, 1.82) is 0 Å². The van der Waals surface area contributed by atoms with E-state index in [1.807, 2.05) is 0 Å². The molecule has 0 unspecified atom stereocenters. The number of pyridine rings is 1. The average Bonchev–Trinajstić information content (AvgIpc) is 2.52. The van der Waals surface area contributed by atoms with Crippen LogP contribution in [0.25, 0.3) is 0 Å². The van der Waals surface area contributed by atoms with Gasteiger partial charge in [-0.1, -0.05) is 0 Å². The first-order chi connectivity index (χ1) is 10.2. The molecule has 0 spiro atoms. The maximum atomic E-state index is 13.2. The molecule has 4 nitrogen and oxygen atoms in total. The summed E-state index contributed by atoms with van der Waals surface area (Å²) >= 11 is 5.79. The van der Waals surface area contributed by atoms with Crippen LogP contribution < -0.4 is 14.2 Å². The fraction of sp³-hybridized carbons (Fsp3) is 0.267. The van der Waals surface area contributed by atoms with Crippen LogP contribution in [-0.4, -0.2) is 19.2 Å². The molecule has 0 aliphatic rings. The Bertz CT molecular complexity index is 622. The van der Waals surface area contributed by atoms with Gasteiger partial charge in [0.15, 0.2) is 11.5 Å². The highest BCUT2D eigenvalue weighted by atomic mass is 35.5. The second-order valence-corrected chi connectivity index (χ2v) is 4.43. The summed E-state index contributed by atoms with van der Waals surface area (Å²) in [5.41, 5.74) is 1.17. The summed E-state index contributed by atoms with van der Waals surface area (Å²) in [5.74, 6) is 1.40. The van der Waals surface area contributed by atoms with Crippen LogP contribution in [0.5, 0.6) is 17.2 Å². The molecule has 0 radical (unpaired) electrons. The third-order valence-electron chi connectivity index (χ3n) is 2.90. The third-order valence-corrected chi connectivity index (χ3v) is 3.19. The van der Waals surface area contributed by atoms with Crippen LogP contribution in [0.15, 0.2) is 30.5 Å². The van der Waals surface area contributed by atoms with Crippen molar-refractivity contribution in [2.45, 2.75) is 12.5 Å². The lowest BCUT2D eigenvalue weighted by atomic mass is 10.2. The van der Waals surface area contributed by atoms with Gasteiger partial charge in [-0.05, 0) is 18.2 Å². The van der Waals surface area contributed by atoms with Crippen molar-refractivity contribution in [3.05, 3.63) is 47.5 Å². The van der Waals surface area contributed by atoms with Gasteiger partial charge in [-0.3, -0.25) is 4.98 Å². The SMILES string of the molecule is COc1ccnc(COc2ccc(F)cc2CCl)c1OC. The lowest BCUT2D eigenvalue weighted by Gasteiger charge is -2.13. The molecule has 112 valence electrons. The summed E-state index contributed by atoms with van der Waals surface area (Å²) in [4.78, 5) is 4.21. The lowest BCUT2D eigenvalue weighted by Crippen LogP contribution is -2.04. The smallest absolute Gasteiger partial charge is 0.185 e. The molecule has 0 fully saturated rings. The van der Waals surface area contributed by atoms with Crippen LogP contribution >= 0.6 is 11.6 Å². The van der Waals surface area contributed by atoms with Gasteiger partial charge in [0, 0.05) is 17.8 Å². The molecular formula is C15H15ClFNO3. The summed E-state index contributed by atoms with van der Waals surface area (Å²) in [6, 6.07) is 5.91. The third kappa shape index (κ3) is 3.55. The molecule has 0 aliphatic heterocycles. The minimum Gasteiger partial charge on any atom is -0.493 e. The van der Waals surface area contributed by atoms with Crippen molar-refractivity contribution < 1.29 is 18.6 Å². The molecule has 0 amide bonds. The van der Waals surface area contributed by atoms with E-state index in [0.717, 1.165) is 0 Å². The molecule has 0 aliphatic carbocycles. The van der Waals surface area contributed by atoms with E-state index in [9.17, 15) is 4.39 Å². The van der Waals surface area contributed by atoms with Crippen molar-refractivity contribution in [3.63, 3.8) is 0 Å². The van der Waals surface area contributed by atoms with Crippen molar-refractivity contribution in [2.75, 3.05) is 14.2 Å². The molecule has 2 rings (SSSR count). The summed E-state index contributed by atoms with van der Waals surface area (Å²) in [6.45, 7) is 0.163. The molecule has 0 saturated heterocycles. The van der Waals surface area contributed by atoms with Gasteiger partial charge < -0.3 is 14.2 Å². The van der Waals surface area contributed by atoms with Crippen molar-refractivity contribution in [1.82, 2.24) is 4.98 Å².